The molecular formula is C21H21N7O2. The SMILES string of the molecule is COCCNC(=O)c1cccc(Nc2cc(C)nc3nc(-c4cccnc4)nn23)c1. The number of nitrogens with zero attached hydrogens (tertiary/aromatic N) is 5. The van der Waals surface area contributed by atoms with Crippen molar-refractivity contribution in [3.63, 3.8) is 0 Å². The van der Waals surface area contributed by atoms with Crippen LogP contribution in [-0.4, -0.2) is 50.7 Å². The van der Waals surface area contributed by atoms with Gasteiger partial charge in [0, 0.05) is 54.6 Å². The second-order valence-electron chi connectivity index (χ2n) is 6.63. The number of fused-ring (bicyclic) bond motifs is 1. The zero-order valence-electron chi connectivity index (χ0n) is 16.7. The molecule has 0 spiro atoms. The summed E-state index contributed by atoms with van der Waals surface area (Å²) >= 11 is 0. The molecule has 0 radical (unpaired) electrons. The fourth-order valence-corrected chi connectivity index (χ4v) is 2.95. The monoisotopic (exact) mass is 403 g/mol. The standard InChI is InChI=1S/C21H21N7O2/c1-14-11-18(25-17-7-3-5-15(12-17)20(29)23-9-10-30-2)28-21(24-14)26-19(27-28)16-6-4-8-22-13-16/h3-8,11-13,25H,9-10H2,1-2H3,(H,23,29). The number of ether oxygens (including phenoxy) is 1. The van der Waals surface area contributed by atoms with Crippen LogP contribution in [0.5, 0.6) is 0 Å². The van der Waals surface area contributed by atoms with E-state index in [2.05, 4.69) is 30.7 Å². The lowest BCUT2D eigenvalue weighted by Gasteiger charge is -2.10. The highest BCUT2D eigenvalue weighted by Gasteiger charge is 2.13. The molecule has 9 nitrogen and oxygen atoms in total. The van der Waals surface area contributed by atoms with Crippen LogP contribution in [0.4, 0.5) is 11.5 Å². The zero-order valence-corrected chi connectivity index (χ0v) is 16.7. The first-order valence-corrected chi connectivity index (χ1v) is 9.43. The van der Waals surface area contributed by atoms with Gasteiger partial charge in [0.1, 0.15) is 5.82 Å². The number of amides is 1. The molecule has 0 saturated heterocycles. The Morgan fingerprint density at radius 3 is 2.87 bits per heavy atom. The number of methoxy groups -OCH3 is 1. The van der Waals surface area contributed by atoms with E-state index in [4.69, 9.17) is 4.74 Å². The molecule has 9 heteroatoms. The highest BCUT2D eigenvalue weighted by molar-refractivity contribution is 5.95. The molecule has 0 aliphatic carbocycles. The zero-order chi connectivity index (χ0) is 20.9. The van der Waals surface area contributed by atoms with Gasteiger partial charge >= 0.3 is 0 Å². The molecule has 0 bridgehead atoms. The summed E-state index contributed by atoms with van der Waals surface area (Å²) < 4.78 is 6.60. The molecule has 30 heavy (non-hydrogen) atoms. The molecule has 4 rings (SSSR count). The van der Waals surface area contributed by atoms with E-state index in [1.807, 2.05) is 37.3 Å². The fraction of sp³-hybridized carbons (Fsp3) is 0.190. The van der Waals surface area contributed by atoms with Crippen molar-refractivity contribution in [3.8, 4) is 11.4 Å². The summed E-state index contributed by atoms with van der Waals surface area (Å²) in [4.78, 5) is 25.4. The number of aryl methyl sites for hydroxylation is 1. The van der Waals surface area contributed by atoms with Gasteiger partial charge < -0.3 is 15.4 Å². The lowest BCUT2D eigenvalue weighted by molar-refractivity contribution is 0.0937. The van der Waals surface area contributed by atoms with Crippen molar-refractivity contribution in [1.82, 2.24) is 29.9 Å². The van der Waals surface area contributed by atoms with Gasteiger partial charge in [-0.1, -0.05) is 6.07 Å². The molecule has 0 fully saturated rings. The van der Waals surface area contributed by atoms with Crippen LogP contribution in [0.3, 0.4) is 0 Å². The normalized spacial score (nSPS) is 10.9. The highest BCUT2D eigenvalue weighted by atomic mass is 16.5. The summed E-state index contributed by atoms with van der Waals surface area (Å²) in [5.74, 6) is 1.55. The fourth-order valence-electron chi connectivity index (χ4n) is 2.95. The van der Waals surface area contributed by atoms with Crippen molar-refractivity contribution in [2.24, 2.45) is 0 Å². The van der Waals surface area contributed by atoms with Crippen molar-refractivity contribution in [2.75, 3.05) is 25.6 Å². The number of aromatic nitrogens is 5. The molecule has 3 heterocycles. The summed E-state index contributed by atoms with van der Waals surface area (Å²) in [7, 11) is 1.60. The molecule has 0 unspecified atom stereocenters. The number of hydrogen-bond acceptors (Lipinski definition) is 7. The summed E-state index contributed by atoms with van der Waals surface area (Å²) in [6.07, 6.45) is 3.41. The highest BCUT2D eigenvalue weighted by Crippen LogP contribution is 2.21. The number of anilines is 2. The van der Waals surface area contributed by atoms with E-state index in [1.54, 1.807) is 36.2 Å². The largest absolute Gasteiger partial charge is 0.383 e. The topological polar surface area (TPSA) is 106 Å². The van der Waals surface area contributed by atoms with Crippen molar-refractivity contribution in [2.45, 2.75) is 6.92 Å². The first-order chi connectivity index (χ1) is 14.6. The Kier molecular flexibility index (Phi) is 5.62. The number of benzene rings is 1. The molecule has 4 aromatic rings. The molecule has 0 aliphatic rings. The lowest BCUT2D eigenvalue weighted by Crippen LogP contribution is -2.26. The maximum atomic E-state index is 12.3. The van der Waals surface area contributed by atoms with Gasteiger partial charge in [0.15, 0.2) is 5.82 Å². The Labute approximate surface area is 173 Å². The van der Waals surface area contributed by atoms with E-state index in [9.17, 15) is 4.79 Å². The van der Waals surface area contributed by atoms with Crippen LogP contribution in [0.15, 0.2) is 54.9 Å². The van der Waals surface area contributed by atoms with Crippen LogP contribution in [0.25, 0.3) is 17.2 Å². The molecule has 2 N–H and O–H groups in total. The minimum absolute atomic E-state index is 0.161. The molecule has 152 valence electrons. The van der Waals surface area contributed by atoms with Crippen LogP contribution in [0.1, 0.15) is 16.1 Å². The number of rotatable bonds is 7. The van der Waals surface area contributed by atoms with Gasteiger partial charge in [-0.2, -0.15) is 9.50 Å². The Balaban J connectivity index is 1.63. The third kappa shape index (κ3) is 4.26. The van der Waals surface area contributed by atoms with Crippen LogP contribution in [0, 0.1) is 6.92 Å². The second-order valence-corrected chi connectivity index (χ2v) is 6.63. The first-order valence-electron chi connectivity index (χ1n) is 9.43. The van der Waals surface area contributed by atoms with E-state index in [-0.39, 0.29) is 5.91 Å². The van der Waals surface area contributed by atoms with E-state index in [1.165, 1.54) is 0 Å². The number of carbonyl (C=O) groups excluding carboxylic acids is 1. The summed E-state index contributed by atoms with van der Waals surface area (Å²) in [6.45, 7) is 2.81. The smallest absolute Gasteiger partial charge is 0.254 e. The predicted octanol–water partition coefficient (Wildman–Crippen LogP) is 2.61. The summed E-state index contributed by atoms with van der Waals surface area (Å²) in [5, 5.41) is 10.7. The Hall–Kier alpha value is -3.85. The van der Waals surface area contributed by atoms with Gasteiger partial charge in [-0.3, -0.25) is 9.78 Å². The Bertz CT molecular complexity index is 1170. The van der Waals surface area contributed by atoms with Crippen LogP contribution >= 0.6 is 0 Å². The second kappa shape index (κ2) is 8.66. The molecule has 0 aliphatic heterocycles. The van der Waals surface area contributed by atoms with Gasteiger partial charge in [0.25, 0.3) is 11.7 Å². The Morgan fingerprint density at radius 1 is 1.17 bits per heavy atom. The lowest BCUT2D eigenvalue weighted by atomic mass is 10.2. The van der Waals surface area contributed by atoms with Crippen LogP contribution in [-0.2, 0) is 4.74 Å². The average molecular weight is 403 g/mol. The minimum atomic E-state index is -0.161. The molecule has 3 aromatic heterocycles. The van der Waals surface area contributed by atoms with E-state index < -0.39 is 0 Å². The maximum absolute atomic E-state index is 12.3. The van der Waals surface area contributed by atoms with Gasteiger partial charge in [0.05, 0.1) is 6.61 Å². The van der Waals surface area contributed by atoms with E-state index >= 15 is 0 Å². The predicted molar refractivity (Wildman–Crippen MR) is 113 cm³/mol. The van der Waals surface area contributed by atoms with Gasteiger partial charge in [-0.05, 0) is 37.3 Å². The minimum Gasteiger partial charge on any atom is -0.383 e. The number of carbonyl (C=O) groups is 1. The molecular weight excluding hydrogens is 382 g/mol. The van der Waals surface area contributed by atoms with Gasteiger partial charge in [-0.25, -0.2) is 4.98 Å². The average Bonchev–Trinajstić information content (AvgIpc) is 3.19. The quantitative estimate of drug-likeness (QED) is 0.457. The molecule has 0 saturated carbocycles. The number of hydrogen-bond donors (Lipinski definition) is 2. The van der Waals surface area contributed by atoms with Crippen molar-refractivity contribution in [1.29, 1.82) is 0 Å². The molecule has 1 aromatic carbocycles. The Morgan fingerprint density at radius 2 is 2.07 bits per heavy atom. The first kappa shape index (κ1) is 19.5. The third-order valence-corrected chi connectivity index (χ3v) is 4.35. The van der Waals surface area contributed by atoms with E-state index in [0.29, 0.717) is 36.1 Å². The van der Waals surface area contributed by atoms with Gasteiger partial charge in [0.2, 0.25) is 0 Å². The van der Waals surface area contributed by atoms with Crippen LogP contribution in [0.2, 0.25) is 0 Å². The van der Waals surface area contributed by atoms with E-state index in [0.717, 1.165) is 16.9 Å². The molecule has 0 atom stereocenters. The van der Waals surface area contributed by atoms with Crippen molar-refractivity contribution in [3.05, 3.63) is 66.1 Å². The summed E-state index contributed by atoms with van der Waals surface area (Å²) in [6, 6.07) is 12.8. The van der Waals surface area contributed by atoms with Crippen molar-refractivity contribution >= 4 is 23.2 Å². The van der Waals surface area contributed by atoms with Gasteiger partial charge in [-0.15, -0.1) is 5.10 Å². The van der Waals surface area contributed by atoms with Crippen LogP contribution < -0.4 is 10.6 Å². The number of pyridine rings is 1. The van der Waals surface area contributed by atoms with Crippen molar-refractivity contribution < 1.29 is 9.53 Å². The summed E-state index contributed by atoms with van der Waals surface area (Å²) in [5.41, 5.74) is 2.90. The third-order valence-electron chi connectivity index (χ3n) is 4.35. The maximum Gasteiger partial charge on any atom is 0.254 e. The number of nitrogens with one attached hydrogen (secondary N) is 2. The molecule has 1 amide bonds.